The summed E-state index contributed by atoms with van der Waals surface area (Å²) in [6, 6.07) is 5.88. The topological polar surface area (TPSA) is 24.9 Å². The molecule has 1 rings (SSSR count). The first-order valence-corrected chi connectivity index (χ1v) is 3.90. The molecule has 0 aliphatic carbocycles. The Balaban J connectivity index is 2.55. The van der Waals surface area contributed by atoms with Gasteiger partial charge in [0.1, 0.15) is 5.82 Å². The third kappa shape index (κ3) is 2.63. The van der Waals surface area contributed by atoms with Crippen LogP contribution in [0.5, 0.6) is 0 Å². The molecule has 62 valence electrons. The molecule has 0 aliphatic rings. The third-order valence-electron chi connectivity index (χ3n) is 1.42. The minimum absolute atomic E-state index is 0.660. The van der Waals surface area contributed by atoms with Gasteiger partial charge in [-0.3, -0.25) is 0 Å². The molecule has 0 saturated heterocycles. The van der Waals surface area contributed by atoms with Crippen molar-refractivity contribution in [1.82, 2.24) is 4.98 Å². The molecule has 0 fully saturated rings. The maximum absolute atomic E-state index is 4.27. The van der Waals surface area contributed by atoms with Crippen LogP contribution < -0.4 is 5.32 Å². The Morgan fingerprint density at radius 2 is 2.33 bits per heavy atom. The number of hydrogen-bond donors (Lipinski definition) is 1. The molecule has 2 heteroatoms. The Bertz CT molecular complexity index is 307. The lowest BCUT2D eigenvalue weighted by atomic mass is 10.4. The summed E-state index contributed by atoms with van der Waals surface area (Å²) >= 11 is 0. The van der Waals surface area contributed by atoms with Gasteiger partial charge in [-0.05, 0) is 26.0 Å². The fraction of sp³-hybridized carbons (Fsp3) is 0.300. The monoisotopic (exact) mass is 160 g/mol. The summed E-state index contributed by atoms with van der Waals surface area (Å²) in [7, 11) is 0. The van der Waals surface area contributed by atoms with Gasteiger partial charge in [0.15, 0.2) is 0 Å². The van der Waals surface area contributed by atoms with Gasteiger partial charge >= 0.3 is 0 Å². The highest BCUT2D eigenvalue weighted by Crippen LogP contribution is 2.02. The molecule has 0 atom stereocenters. The zero-order valence-corrected chi connectivity index (χ0v) is 7.39. The molecule has 1 aromatic heterocycles. The SMILES string of the molecule is CC#CCNc1cccc(C)n1. The van der Waals surface area contributed by atoms with E-state index in [9.17, 15) is 0 Å². The van der Waals surface area contributed by atoms with Crippen LogP contribution in [0.3, 0.4) is 0 Å². The van der Waals surface area contributed by atoms with E-state index < -0.39 is 0 Å². The minimum atomic E-state index is 0.660. The van der Waals surface area contributed by atoms with Crippen molar-refractivity contribution in [3.8, 4) is 11.8 Å². The molecule has 0 saturated carbocycles. The van der Waals surface area contributed by atoms with Gasteiger partial charge < -0.3 is 5.32 Å². The highest BCUT2D eigenvalue weighted by atomic mass is 15.0. The van der Waals surface area contributed by atoms with E-state index in [1.54, 1.807) is 0 Å². The maximum atomic E-state index is 4.27. The molecule has 0 unspecified atom stereocenters. The van der Waals surface area contributed by atoms with Gasteiger partial charge in [-0.15, -0.1) is 5.92 Å². The van der Waals surface area contributed by atoms with Crippen molar-refractivity contribution >= 4 is 5.82 Å². The number of nitrogens with one attached hydrogen (secondary N) is 1. The van der Waals surface area contributed by atoms with Crippen molar-refractivity contribution in [3.63, 3.8) is 0 Å². The predicted molar refractivity (Wildman–Crippen MR) is 50.9 cm³/mol. The van der Waals surface area contributed by atoms with Crippen molar-refractivity contribution in [1.29, 1.82) is 0 Å². The molecule has 0 spiro atoms. The van der Waals surface area contributed by atoms with Crippen molar-refractivity contribution in [2.75, 3.05) is 11.9 Å². The van der Waals surface area contributed by atoms with Crippen LogP contribution in [0.15, 0.2) is 18.2 Å². The van der Waals surface area contributed by atoms with Crippen LogP contribution in [0.2, 0.25) is 0 Å². The van der Waals surface area contributed by atoms with Crippen LogP contribution in [0, 0.1) is 18.8 Å². The van der Waals surface area contributed by atoms with Gasteiger partial charge in [0.05, 0.1) is 6.54 Å². The summed E-state index contributed by atoms with van der Waals surface area (Å²) < 4.78 is 0. The Kier molecular flexibility index (Phi) is 3.16. The van der Waals surface area contributed by atoms with E-state index in [0.717, 1.165) is 11.5 Å². The fourth-order valence-electron chi connectivity index (χ4n) is 0.865. The second kappa shape index (κ2) is 4.40. The predicted octanol–water partition coefficient (Wildman–Crippen LogP) is 1.83. The zero-order chi connectivity index (χ0) is 8.81. The van der Waals surface area contributed by atoms with E-state index in [1.165, 1.54) is 0 Å². The normalized spacial score (nSPS) is 8.50. The van der Waals surface area contributed by atoms with E-state index in [2.05, 4.69) is 22.1 Å². The molecular formula is C10H12N2. The Labute approximate surface area is 73.0 Å². The quantitative estimate of drug-likeness (QED) is 0.667. The first-order chi connectivity index (χ1) is 5.83. The Hall–Kier alpha value is -1.49. The minimum Gasteiger partial charge on any atom is -0.359 e. The van der Waals surface area contributed by atoms with E-state index >= 15 is 0 Å². The average Bonchev–Trinajstić information content (AvgIpc) is 2.05. The second-order valence-electron chi connectivity index (χ2n) is 2.44. The summed E-state index contributed by atoms with van der Waals surface area (Å²) in [4.78, 5) is 4.27. The molecular weight excluding hydrogens is 148 g/mol. The molecule has 1 N–H and O–H groups in total. The molecule has 12 heavy (non-hydrogen) atoms. The van der Waals surface area contributed by atoms with Crippen LogP contribution in [0.4, 0.5) is 5.82 Å². The first-order valence-electron chi connectivity index (χ1n) is 3.90. The highest BCUT2D eigenvalue weighted by Gasteiger charge is 1.89. The lowest BCUT2D eigenvalue weighted by molar-refractivity contribution is 1.17. The molecule has 0 bridgehead atoms. The summed E-state index contributed by atoms with van der Waals surface area (Å²) in [5.74, 6) is 6.61. The second-order valence-corrected chi connectivity index (χ2v) is 2.44. The number of aromatic nitrogens is 1. The first kappa shape index (κ1) is 8.61. The van der Waals surface area contributed by atoms with Crippen LogP contribution >= 0.6 is 0 Å². The molecule has 2 nitrogen and oxygen atoms in total. The van der Waals surface area contributed by atoms with Crippen LogP contribution in [-0.4, -0.2) is 11.5 Å². The van der Waals surface area contributed by atoms with Crippen molar-refractivity contribution in [2.45, 2.75) is 13.8 Å². The number of aryl methyl sites for hydroxylation is 1. The molecule has 1 aromatic rings. The van der Waals surface area contributed by atoms with Crippen LogP contribution in [0.1, 0.15) is 12.6 Å². The van der Waals surface area contributed by atoms with Gasteiger partial charge in [0.25, 0.3) is 0 Å². The summed E-state index contributed by atoms with van der Waals surface area (Å²) in [6.07, 6.45) is 0. The number of nitrogens with zero attached hydrogens (tertiary/aromatic N) is 1. The lowest BCUT2D eigenvalue weighted by Gasteiger charge is -2.00. The van der Waals surface area contributed by atoms with E-state index in [1.807, 2.05) is 32.0 Å². The Morgan fingerprint density at radius 1 is 1.50 bits per heavy atom. The molecule has 1 heterocycles. The van der Waals surface area contributed by atoms with Gasteiger partial charge in [0.2, 0.25) is 0 Å². The number of hydrogen-bond acceptors (Lipinski definition) is 2. The van der Waals surface area contributed by atoms with Gasteiger partial charge in [0, 0.05) is 5.69 Å². The van der Waals surface area contributed by atoms with E-state index in [4.69, 9.17) is 0 Å². The van der Waals surface area contributed by atoms with Crippen molar-refractivity contribution < 1.29 is 0 Å². The average molecular weight is 160 g/mol. The van der Waals surface area contributed by atoms with Crippen molar-refractivity contribution in [3.05, 3.63) is 23.9 Å². The number of pyridine rings is 1. The molecule has 0 amide bonds. The molecule has 0 aromatic carbocycles. The lowest BCUT2D eigenvalue weighted by Crippen LogP contribution is -2.00. The summed E-state index contributed by atoms with van der Waals surface area (Å²) in [5, 5.41) is 3.10. The van der Waals surface area contributed by atoms with Crippen molar-refractivity contribution in [2.24, 2.45) is 0 Å². The third-order valence-corrected chi connectivity index (χ3v) is 1.42. The van der Waals surface area contributed by atoms with Crippen LogP contribution in [-0.2, 0) is 0 Å². The van der Waals surface area contributed by atoms with Gasteiger partial charge in [-0.2, -0.15) is 0 Å². The maximum Gasteiger partial charge on any atom is 0.126 e. The van der Waals surface area contributed by atoms with E-state index in [-0.39, 0.29) is 0 Å². The zero-order valence-electron chi connectivity index (χ0n) is 7.39. The largest absolute Gasteiger partial charge is 0.359 e. The highest BCUT2D eigenvalue weighted by molar-refractivity contribution is 5.36. The number of rotatable bonds is 2. The van der Waals surface area contributed by atoms with Crippen LogP contribution in [0.25, 0.3) is 0 Å². The van der Waals surface area contributed by atoms with Gasteiger partial charge in [-0.1, -0.05) is 12.0 Å². The summed E-state index contributed by atoms with van der Waals surface area (Å²) in [6.45, 7) is 4.45. The summed E-state index contributed by atoms with van der Waals surface area (Å²) in [5.41, 5.74) is 1.02. The number of anilines is 1. The van der Waals surface area contributed by atoms with E-state index in [0.29, 0.717) is 6.54 Å². The van der Waals surface area contributed by atoms with Gasteiger partial charge in [-0.25, -0.2) is 4.98 Å². The smallest absolute Gasteiger partial charge is 0.126 e. The molecule has 0 radical (unpaired) electrons. The standard InChI is InChI=1S/C10H12N2/c1-3-4-8-11-10-7-5-6-9(2)12-10/h5-7H,8H2,1-2H3,(H,11,12). The fourth-order valence-corrected chi connectivity index (χ4v) is 0.865. The Morgan fingerprint density at radius 3 is 3.00 bits per heavy atom. The molecule has 0 aliphatic heterocycles.